The van der Waals surface area contributed by atoms with Gasteiger partial charge in [-0.1, -0.05) is 20.8 Å². The van der Waals surface area contributed by atoms with Crippen molar-refractivity contribution in [1.29, 1.82) is 0 Å². The monoisotopic (exact) mass is 398 g/mol. The third-order valence-electron chi connectivity index (χ3n) is 3.00. The van der Waals surface area contributed by atoms with E-state index in [1.165, 1.54) is 12.1 Å². The van der Waals surface area contributed by atoms with Gasteiger partial charge in [0.05, 0.1) is 4.92 Å². The molecule has 24 heavy (non-hydrogen) atoms. The number of nitro benzene ring substituents is 1. The number of nitro groups is 1. The van der Waals surface area contributed by atoms with E-state index >= 15 is 0 Å². The van der Waals surface area contributed by atoms with Gasteiger partial charge in [-0.2, -0.15) is 11.3 Å². The summed E-state index contributed by atoms with van der Waals surface area (Å²) >= 11 is 0. The second-order valence-corrected chi connectivity index (χ2v) is 4.70. The fourth-order valence-corrected chi connectivity index (χ4v) is 1.88. The maximum absolute atomic E-state index is 10.6. The minimum atomic E-state index is -0.457. The first kappa shape index (κ1) is 22.3. The first-order chi connectivity index (χ1) is 10.6. The summed E-state index contributed by atoms with van der Waals surface area (Å²) in [7, 11) is 0. The van der Waals surface area contributed by atoms with Crippen molar-refractivity contribution in [2.45, 2.75) is 27.2 Å². The van der Waals surface area contributed by atoms with Gasteiger partial charge in [0.25, 0.3) is 5.69 Å². The number of aryl methyl sites for hydroxylation is 1. The second kappa shape index (κ2) is 10.9. The Kier molecular flexibility index (Phi) is 10.2. The van der Waals surface area contributed by atoms with Crippen LogP contribution in [0.15, 0.2) is 47.6 Å². The fraction of sp³-hybridized carbons (Fsp3) is 0.222. The van der Waals surface area contributed by atoms with E-state index in [1.807, 2.05) is 6.07 Å². The molecule has 5 nitrogen and oxygen atoms in total. The van der Waals surface area contributed by atoms with Gasteiger partial charge >= 0.3 is 0 Å². The molecule has 0 N–H and O–H groups in total. The van der Waals surface area contributed by atoms with Crippen LogP contribution in [0, 0.1) is 16.7 Å². The number of aromatic nitrogens is 1. The molecule has 123 valence electrons. The number of hydrogen-bond acceptors (Lipinski definition) is 4. The number of benzene rings is 1. The van der Waals surface area contributed by atoms with E-state index in [1.54, 1.807) is 24.4 Å². The standard InChI is InChI=1S/C17H15N3O2.CH4.Y/c1-3-4-16-11-14(9-10-18-16)12-19-13(2)15-5-7-17(8-6-15)20(21)22;;/h2,5-11H,3-4H2,1H3;1H4;/q-2;;. The molecule has 0 bridgehead atoms. The molecule has 0 aliphatic rings. The van der Waals surface area contributed by atoms with Gasteiger partial charge in [-0.25, -0.2) is 0 Å². The second-order valence-electron chi connectivity index (χ2n) is 4.70. The van der Waals surface area contributed by atoms with Crippen LogP contribution in [-0.4, -0.2) is 16.1 Å². The van der Waals surface area contributed by atoms with E-state index < -0.39 is 4.92 Å². The van der Waals surface area contributed by atoms with Gasteiger partial charge in [0.15, 0.2) is 0 Å². The Morgan fingerprint density at radius 3 is 2.58 bits per heavy atom. The number of aliphatic imine (C=N–C) groups is 1. The normalized spacial score (nSPS) is 9.88. The summed E-state index contributed by atoms with van der Waals surface area (Å²) in [5, 5.41) is 10.6. The molecule has 0 amide bonds. The molecule has 6 heteroatoms. The van der Waals surface area contributed by atoms with Gasteiger partial charge in [0.1, 0.15) is 0 Å². The third kappa shape index (κ3) is 6.42. The Bertz CT molecular complexity index is 712. The zero-order chi connectivity index (χ0) is 15.9. The molecule has 2 aromatic rings. The number of hydrogen-bond donors (Lipinski definition) is 0. The van der Waals surface area contributed by atoms with Crippen molar-refractivity contribution < 1.29 is 37.6 Å². The van der Waals surface area contributed by atoms with E-state index in [9.17, 15) is 10.1 Å². The van der Waals surface area contributed by atoms with Crippen molar-refractivity contribution in [3.63, 3.8) is 0 Å². The predicted molar refractivity (Wildman–Crippen MR) is 92.3 cm³/mol. The van der Waals surface area contributed by atoms with Gasteiger partial charge in [0.2, 0.25) is 0 Å². The van der Waals surface area contributed by atoms with Crippen LogP contribution in [0.2, 0.25) is 0 Å². The Balaban J connectivity index is 0.00000264. The molecule has 0 saturated heterocycles. The third-order valence-corrected chi connectivity index (χ3v) is 3.00. The molecule has 1 aromatic carbocycles. The molecule has 2 rings (SSSR count). The quantitative estimate of drug-likeness (QED) is 0.315. The summed E-state index contributed by atoms with van der Waals surface area (Å²) in [6.45, 7) is 7.96. The van der Waals surface area contributed by atoms with Crippen molar-refractivity contribution in [3.8, 4) is 0 Å². The van der Waals surface area contributed by atoms with Crippen molar-refractivity contribution >= 4 is 17.6 Å². The largest absolute Gasteiger partial charge is 0.390 e. The van der Waals surface area contributed by atoms with E-state index in [2.05, 4.69) is 23.1 Å². The minimum absolute atomic E-state index is 0. The number of non-ortho nitro benzene ring substituents is 1. The zero-order valence-corrected chi connectivity index (χ0v) is 15.6. The number of pyridine rings is 1. The SMILES string of the molecule is C.[CH-]=C(N=[C-]c1ccnc(CCC)c1)c1ccc([N+](=O)[O-])cc1.[Y]. The van der Waals surface area contributed by atoms with Gasteiger partial charge in [-0.15, -0.1) is 29.8 Å². The molecule has 0 unspecified atom stereocenters. The van der Waals surface area contributed by atoms with Gasteiger partial charge in [-0.05, 0) is 36.7 Å². The molecule has 0 spiro atoms. The van der Waals surface area contributed by atoms with Crippen LogP contribution in [0.3, 0.4) is 0 Å². The molecule has 0 saturated carbocycles. The van der Waals surface area contributed by atoms with E-state index in [0.29, 0.717) is 5.56 Å². The molecule has 1 radical (unpaired) electrons. The molecular weight excluding hydrogens is 379 g/mol. The summed E-state index contributed by atoms with van der Waals surface area (Å²) < 4.78 is 0. The van der Waals surface area contributed by atoms with Crippen LogP contribution in [0.25, 0.3) is 5.70 Å². The van der Waals surface area contributed by atoms with Gasteiger partial charge < -0.3 is 11.6 Å². The first-order valence-corrected chi connectivity index (χ1v) is 6.89. The molecule has 0 aliphatic heterocycles. The topological polar surface area (TPSA) is 68.4 Å². The summed E-state index contributed by atoms with van der Waals surface area (Å²) in [5.41, 5.74) is 2.66. The van der Waals surface area contributed by atoms with Crippen LogP contribution in [0.4, 0.5) is 5.69 Å². The van der Waals surface area contributed by atoms with Gasteiger partial charge in [-0.3, -0.25) is 15.1 Å². The van der Waals surface area contributed by atoms with Crippen LogP contribution >= 0.6 is 0 Å². The van der Waals surface area contributed by atoms with Gasteiger partial charge in [0, 0.05) is 32.7 Å². The van der Waals surface area contributed by atoms with Crippen LogP contribution in [0.5, 0.6) is 0 Å². The molecule has 1 aromatic heterocycles. The Morgan fingerprint density at radius 1 is 1.33 bits per heavy atom. The molecule has 1 heterocycles. The first-order valence-electron chi connectivity index (χ1n) is 6.89. The summed E-state index contributed by atoms with van der Waals surface area (Å²) in [6, 6.07) is 9.62. The smallest absolute Gasteiger partial charge is 0.266 e. The van der Waals surface area contributed by atoms with Crippen molar-refractivity contribution in [2.75, 3.05) is 0 Å². The summed E-state index contributed by atoms with van der Waals surface area (Å²) in [4.78, 5) is 18.5. The van der Waals surface area contributed by atoms with E-state index in [0.717, 1.165) is 24.1 Å². The fourth-order valence-electron chi connectivity index (χ4n) is 1.88. The summed E-state index contributed by atoms with van der Waals surface area (Å²) in [6.07, 6.45) is 6.50. The zero-order valence-electron chi connectivity index (χ0n) is 12.8. The average molecular weight is 398 g/mol. The minimum Gasteiger partial charge on any atom is -0.390 e. The van der Waals surface area contributed by atoms with Crippen LogP contribution in [0.1, 0.15) is 37.6 Å². The molecule has 0 fully saturated rings. The van der Waals surface area contributed by atoms with Crippen LogP contribution in [-0.2, 0) is 39.1 Å². The average Bonchev–Trinajstić information content (AvgIpc) is 2.53. The number of rotatable bonds is 6. The van der Waals surface area contributed by atoms with Crippen molar-refractivity contribution in [3.05, 3.63) is 76.1 Å². The van der Waals surface area contributed by atoms with E-state index in [4.69, 9.17) is 6.58 Å². The van der Waals surface area contributed by atoms with Crippen molar-refractivity contribution in [2.24, 2.45) is 4.99 Å². The Labute approximate surface area is 168 Å². The van der Waals surface area contributed by atoms with Crippen LogP contribution < -0.4 is 0 Å². The van der Waals surface area contributed by atoms with Crippen molar-refractivity contribution in [1.82, 2.24) is 4.98 Å². The maximum atomic E-state index is 10.6. The summed E-state index contributed by atoms with van der Waals surface area (Å²) in [5.74, 6) is 0. The Morgan fingerprint density at radius 2 is 2.00 bits per heavy atom. The molecular formula is C18H19N3O2Y-2. The molecule has 0 atom stereocenters. The maximum Gasteiger partial charge on any atom is 0.266 e. The predicted octanol–water partition coefficient (Wildman–Crippen LogP) is 4.35. The van der Waals surface area contributed by atoms with E-state index in [-0.39, 0.29) is 51.5 Å². The molecule has 0 aliphatic carbocycles. The number of nitrogens with zero attached hydrogens (tertiary/aromatic N) is 3. The Hall–Kier alpha value is -1.72.